The highest BCUT2D eigenvalue weighted by Crippen LogP contribution is 2.44. The molecule has 1 saturated carbocycles. The van der Waals surface area contributed by atoms with Crippen molar-refractivity contribution in [3.63, 3.8) is 0 Å². The van der Waals surface area contributed by atoms with Gasteiger partial charge in [0.05, 0.1) is 5.56 Å². The third-order valence-corrected chi connectivity index (χ3v) is 4.65. The van der Waals surface area contributed by atoms with Crippen LogP contribution < -0.4 is 11.1 Å². The smallest absolute Gasteiger partial charge is 0.389 e. The fourth-order valence-electron chi connectivity index (χ4n) is 2.69. The molecule has 0 spiro atoms. The minimum atomic E-state index is -4.39. The normalized spacial score (nSPS) is 17.1. The second kappa shape index (κ2) is 5.83. The number of hydrogen-bond donors (Lipinski definition) is 2. The number of alkyl halides is 3. The van der Waals surface area contributed by atoms with E-state index in [2.05, 4.69) is 12.2 Å². The van der Waals surface area contributed by atoms with Crippen LogP contribution in [0.1, 0.15) is 43.7 Å². The Bertz CT molecular complexity index is 531. The highest BCUT2D eigenvalue weighted by atomic mass is 32.1. The maximum Gasteiger partial charge on any atom is 0.416 e. The molecule has 21 heavy (non-hydrogen) atoms. The Morgan fingerprint density at radius 1 is 1.38 bits per heavy atom. The van der Waals surface area contributed by atoms with Crippen LogP contribution in [0, 0.1) is 5.41 Å². The van der Waals surface area contributed by atoms with Crippen molar-refractivity contribution in [1.29, 1.82) is 0 Å². The molecule has 116 valence electrons. The van der Waals surface area contributed by atoms with Crippen molar-refractivity contribution in [2.24, 2.45) is 11.1 Å². The first-order chi connectivity index (χ1) is 9.77. The Balaban J connectivity index is 2.21. The van der Waals surface area contributed by atoms with E-state index in [-0.39, 0.29) is 16.0 Å². The number of benzene rings is 1. The maximum absolute atomic E-state index is 12.8. The van der Waals surface area contributed by atoms with Crippen molar-refractivity contribution < 1.29 is 13.2 Å². The molecular weight excluding hydrogens is 297 g/mol. The summed E-state index contributed by atoms with van der Waals surface area (Å²) in [6.45, 7) is 2.88. The van der Waals surface area contributed by atoms with Gasteiger partial charge in [0.15, 0.2) is 0 Å². The molecule has 0 radical (unpaired) electrons. The van der Waals surface area contributed by atoms with E-state index in [0.717, 1.165) is 37.9 Å². The predicted octanol–water partition coefficient (Wildman–Crippen LogP) is 4.33. The summed E-state index contributed by atoms with van der Waals surface area (Å²) in [5.74, 6) is 0. The van der Waals surface area contributed by atoms with Crippen molar-refractivity contribution >= 4 is 22.9 Å². The van der Waals surface area contributed by atoms with Gasteiger partial charge in [-0.05, 0) is 42.9 Å². The van der Waals surface area contributed by atoms with Crippen LogP contribution in [0.4, 0.5) is 18.9 Å². The summed E-state index contributed by atoms with van der Waals surface area (Å²) >= 11 is 4.88. The number of thiocarbonyl (C=S) groups is 1. The fraction of sp³-hybridized carbons (Fsp3) is 0.533. The highest BCUT2D eigenvalue weighted by molar-refractivity contribution is 7.80. The minimum Gasteiger partial charge on any atom is -0.389 e. The van der Waals surface area contributed by atoms with E-state index < -0.39 is 11.7 Å². The van der Waals surface area contributed by atoms with Crippen LogP contribution in [0.5, 0.6) is 0 Å². The molecule has 1 aliphatic rings. The summed E-state index contributed by atoms with van der Waals surface area (Å²) in [6.07, 6.45) is 0.184. The lowest BCUT2D eigenvalue weighted by molar-refractivity contribution is -0.137. The van der Waals surface area contributed by atoms with Gasteiger partial charge in [0, 0.05) is 17.8 Å². The lowest BCUT2D eigenvalue weighted by Gasteiger charge is -2.41. The summed E-state index contributed by atoms with van der Waals surface area (Å²) in [5, 5.41) is 3.23. The largest absolute Gasteiger partial charge is 0.416 e. The summed E-state index contributed by atoms with van der Waals surface area (Å²) in [7, 11) is 0. The molecule has 3 N–H and O–H groups in total. The number of anilines is 1. The molecule has 1 aliphatic carbocycles. The Morgan fingerprint density at radius 2 is 2.05 bits per heavy atom. The third kappa shape index (κ3) is 3.48. The molecule has 0 bridgehead atoms. The average Bonchev–Trinajstić information content (AvgIpc) is 2.36. The zero-order valence-electron chi connectivity index (χ0n) is 11.9. The minimum absolute atomic E-state index is 0.0252. The third-order valence-electron chi connectivity index (χ3n) is 4.43. The van der Waals surface area contributed by atoms with Gasteiger partial charge in [-0.15, -0.1) is 0 Å². The topological polar surface area (TPSA) is 38.0 Å². The summed E-state index contributed by atoms with van der Waals surface area (Å²) in [5.41, 5.74) is 5.93. The van der Waals surface area contributed by atoms with Crippen LogP contribution in [-0.4, -0.2) is 11.5 Å². The molecule has 1 fully saturated rings. The SMILES string of the molecule is CCC1(CNc2ccc(C(F)(F)F)cc2C(N)=S)CCC1. The lowest BCUT2D eigenvalue weighted by Crippen LogP contribution is -2.36. The molecule has 0 aliphatic heterocycles. The second-order valence-electron chi connectivity index (χ2n) is 5.68. The zero-order chi connectivity index (χ0) is 15.7. The van der Waals surface area contributed by atoms with Crippen molar-refractivity contribution in [3.8, 4) is 0 Å². The molecule has 0 atom stereocenters. The molecule has 1 aromatic rings. The second-order valence-corrected chi connectivity index (χ2v) is 6.12. The molecule has 2 nitrogen and oxygen atoms in total. The van der Waals surface area contributed by atoms with Crippen LogP contribution in [-0.2, 0) is 6.18 Å². The fourth-order valence-corrected chi connectivity index (χ4v) is 2.86. The summed E-state index contributed by atoms with van der Waals surface area (Å²) < 4.78 is 38.3. The Labute approximate surface area is 127 Å². The Morgan fingerprint density at radius 3 is 2.48 bits per heavy atom. The van der Waals surface area contributed by atoms with E-state index in [1.165, 1.54) is 12.5 Å². The van der Waals surface area contributed by atoms with Crippen LogP contribution in [0.3, 0.4) is 0 Å². The molecule has 0 unspecified atom stereocenters. The number of hydrogen-bond acceptors (Lipinski definition) is 2. The number of nitrogens with one attached hydrogen (secondary N) is 1. The van der Waals surface area contributed by atoms with Gasteiger partial charge in [0.2, 0.25) is 0 Å². The zero-order valence-corrected chi connectivity index (χ0v) is 12.7. The number of rotatable bonds is 5. The highest BCUT2D eigenvalue weighted by Gasteiger charge is 2.35. The average molecular weight is 316 g/mol. The predicted molar refractivity (Wildman–Crippen MR) is 82.4 cm³/mol. The first-order valence-corrected chi connectivity index (χ1v) is 7.43. The van der Waals surface area contributed by atoms with Crippen LogP contribution in [0.15, 0.2) is 18.2 Å². The first kappa shape index (κ1) is 16.1. The van der Waals surface area contributed by atoms with Gasteiger partial charge >= 0.3 is 6.18 Å². The van der Waals surface area contributed by atoms with Gasteiger partial charge in [0.25, 0.3) is 0 Å². The summed E-state index contributed by atoms with van der Waals surface area (Å²) in [4.78, 5) is -0.0252. The van der Waals surface area contributed by atoms with Crippen molar-refractivity contribution in [2.45, 2.75) is 38.8 Å². The first-order valence-electron chi connectivity index (χ1n) is 7.02. The standard InChI is InChI=1S/C15H19F3N2S/c1-2-14(6-3-7-14)9-20-12-5-4-10(15(16,17)18)8-11(12)13(19)21/h4-5,8,20H,2-3,6-7,9H2,1H3,(H2,19,21). The molecule has 0 amide bonds. The maximum atomic E-state index is 12.8. The molecule has 0 heterocycles. The molecule has 1 aromatic carbocycles. The number of nitrogens with two attached hydrogens (primary N) is 1. The van der Waals surface area contributed by atoms with Gasteiger partial charge in [-0.3, -0.25) is 0 Å². The van der Waals surface area contributed by atoms with Gasteiger partial charge in [0.1, 0.15) is 4.99 Å². The van der Waals surface area contributed by atoms with Crippen molar-refractivity contribution in [1.82, 2.24) is 0 Å². The van der Waals surface area contributed by atoms with Crippen LogP contribution in [0.25, 0.3) is 0 Å². The number of halogens is 3. The Hall–Kier alpha value is -1.30. The molecule has 0 saturated heterocycles. The van der Waals surface area contributed by atoms with E-state index in [1.807, 2.05) is 0 Å². The van der Waals surface area contributed by atoms with Gasteiger partial charge in [-0.2, -0.15) is 13.2 Å². The van der Waals surface area contributed by atoms with Gasteiger partial charge in [-0.25, -0.2) is 0 Å². The van der Waals surface area contributed by atoms with Crippen molar-refractivity contribution in [3.05, 3.63) is 29.3 Å². The molecule has 6 heteroatoms. The lowest BCUT2D eigenvalue weighted by atomic mass is 9.67. The van der Waals surface area contributed by atoms with E-state index in [9.17, 15) is 13.2 Å². The molecular formula is C15H19F3N2S. The van der Waals surface area contributed by atoms with E-state index in [4.69, 9.17) is 18.0 Å². The van der Waals surface area contributed by atoms with Gasteiger partial charge in [-0.1, -0.05) is 25.6 Å². The Kier molecular flexibility index (Phi) is 4.46. The van der Waals surface area contributed by atoms with Crippen LogP contribution in [0.2, 0.25) is 0 Å². The van der Waals surface area contributed by atoms with E-state index in [1.54, 1.807) is 0 Å². The molecule has 0 aromatic heterocycles. The monoisotopic (exact) mass is 316 g/mol. The van der Waals surface area contributed by atoms with Gasteiger partial charge < -0.3 is 11.1 Å². The quantitative estimate of drug-likeness (QED) is 0.794. The van der Waals surface area contributed by atoms with Crippen molar-refractivity contribution in [2.75, 3.05) is 11.9 Å². The van der Waals surface area contributed by atoms with Crippen LogP contribution >= 0.6 is 12.2 Å². The molecule has 2 rings (SSSR count). The van der Waals surface area contributed by atoms with E-state index >= 15 is 0 Å². The van der Waals surface area contributed by atoms with E-state index in [0.29, 0.717) is 5.69 Å². The summed E-state index contributed by atoms with van der Waals surface area (Å²) in [6, 6.07) is 3.49.